The highest BCUT2D eigenvalue weighted by Crippen LogP contribution is 2.19. The van der Waals surface area contributed by atoms with Crippen molar-refractivity contribution in [3.8, 4) is 0 Å². The molecule has 6 heteroatoms. The monoisotopic (exact) mass is 1060 g/mol. The van der Waals surface area contributed by atoms with Crippen molar-refractivity contribution in [2.24, 2.45) is 0 Å². The Bertz CT molecular complexity index is 1130. The van der Waals surface area contributed by atoms with Crippen LogP contribution in [0.5, 0.6) is 0 Å². The first-order chi connectivity index (χ1) is 37.0. The van der Waals surface area contributed by atoms with Crippen molar-refractivity contribution >= 4 is 11.9 Å². The van der Waals surface area contributed by atoms with Gasteiger partial charge in [0.1, 0.15) is 0 Å². The van der Waals surface area contributed by atoms with E-state index in [9.17, 15) is 19.8 Å². The molecule has 0 aromatic heterocycles. The molecule has 2 unspecified atom stereocenters. The van der Waals surface area contributed by atoms with E-state index in [1.807, 2.05) is 6.08 Å². The van der Waals surface area contributed by atoms with E-state index in [1.54, 1.807) is 6.08 Å². The molecule has 0 fully saturated rings. The second-order valence-corrected chi connectivity index (χ2v) is 23.9. The molecule has 0 aromatic carbocycles. The highest BCUT2D eigenvalue weighted by molar-refractivity contribution is 5.76. The Morgan fingerprint density at radius 1 is 0.360 bits per heavy atom. The number of nitrogens with one attached hydrogen (secondary N) is 1. The van der Waals surface area contributed by atoms with E-state index in [4.69, 9.17) is 4.74 Å². The third-order valence-electron chi connectivity index (χ3n) is 16.3. The van der Waals surface area contributed by atoms with Gasteiger partial charge >= 0.3 is 5.97 Å². The van der Waals surface area contributed by atoms with Gasteiger partial charge in [-0.3, -0.25) is 9.59 Å². The second kappa shape index (κ2) is 65.1. The summed E-state index contributed by atoms with van der Waals surface area (Å²) in [6, 6.07) is -0.627. The minimum absolute atomic E-state index is 0.0194. The molecule has 0 aliphatic carbocycles. The molecular formula is C69H135NO5. The molecule has 0 bridgehead atoms. The van der Waals surface area contributed by atoms with Crippen molar-refractivity contribution in [3.05, 3.63) is 12.2 Å². The van der Waals surface area contributed by atoms with Crippen molar-refractivity contribution < 1.29 is 24.5 Å². The molecular weight excluding hydrogens is 923 g/mol. The van der Waals surface area contributed by atoms with Crippen LogP contribution in [0.3, 0.4) is 0 Å². The Balaban J connectivity index is 3.37. The van der Waals surface area contributed by atoms with Gasteiger partial charge in [0.15, 0.2) is 0 Å². The summed E-state index contributed by atoms with van der Waals surface area (Å²) in [6.07, 6.45) is 79.9. The summed E-state index contributed by atoms with van der Waals surface area (Å²) >= 11 is 0. The number of allylic oxidation sites excluding steroid dienone is 1. The van der Waals surface area contributed by atoms with E-state index in [1.165, 1.54) is 327 Å². The fourth-order valence-electron chi connectivity index (χ4n) is 11.1. The zero-order chi connectivity index (χ0) is 54.3. The van der Waals surface area contributed by atoms with Crippen LogP contribution in [0.15, 0.2) is 12.2 Å². The van der Waals surface area contributed by atoms with Crippen LogP contribution in [0.1, 0.15) is 393 Å². The molecule has 0 saturated carbocycles. The van der Waals surface area contributed by atoms with E-state index in [0.717, 1.165) is 38.5 Å². The number of unbranched alkanes of at least 4 members (excludes halogenated alkanes) is 54. The Morgan fingerprint density at radius 2 is 0.613 bits per heavy atom. The van der Waals surface area contributed by atoms with Gasteiger partial charge in [-0.1, -0.05) is 360 Å². The van der Waals surface area contributed by atoms with Crippen LogP contribution in [-0.2, 0) is 14.3 Å². The minimum Gasteiger partial charge on any atom is -0.466 e. The maximum atomic E-state index is 12.5. The number of hydrogen-bond donors (Lipinski definition) is 3. The van der Waals surface area contributed by atoms with E-state index < -0.39 is 12.1 Å². The first kappa shape index (κ1) is 73.6. The van der Waals surface area contributed by atoms with Gasteiger partial charge in [0.25, 0.3) is 0 Å². The molecule has 3 N–H and O–H groups in total. The molecule has 2 atom stereocenters. The molecule has 0 radical (unpaired) electrons. The van der Waals surface area contributed by atoms with Crippen LogP contribution < -0.4 is 5.32 Å². The van der Waals surface area contributed by atoms with Crippen molar-refractivity contribution in [1.82, 2.24) is 5.32 Å². The Hall–Kier alpha value is -1.40. The quantitative estimate of drug-likeness (QED) is 0.0320. The number of carbonyl (C=O) groups excluding carboxylic acids is 2. The molecule has 0 saturated heterocycles. The zero-order valence-corrected chi connectivity index (χ0v) is 51.1. The standard InChI is InChI=1S/C69H135NO5/c1-3-5-7-9-11-13-15-17-19-21-30-33-37-41-45-49-53-57-61-67(72)66(65-71)70-68(73)62-58-54-50-46-42-38-34-31-28-26-24-22-23-25-27-29-32-36-40-44-48-52-56-60-64-75-69(74)63-59-55-51-47-43-39-35-20-18-16-14-12-10-8-6-4-2/h57,61,66-67,71-72H,3-56,58-60,62-65H2,1-2H3,(H,70,73)/b61-57+. The second-order valence-electron chi connectivity index (χ2n) is 23.9. The summed E-state index contributed by atoms with van der Waals surface area (Å²) < 4.78 is 5.50. The molecule has 0 aromatic rings. The van der Waals surface area contributed by atoms with Crippen LogP contribution in [0.25, 0.3) is 0 Å². The first-order valence-corrected chi connectivity index (χ1v) is 34.5. The van der Waals surface area contributed by atoms with Crippen LogP contribution in [0, 0.1) is 0 Å². The minimum atomic E-state index is -0.843. The average Bonchev–Trinajstić information content (AvgIpc) is 3.41. The molecule has 0 aliphatic rings. The van der Waals surface area contributed by atoms with E-state index in [2.05, 4.69) is 19.2 Å². The highest BCUT2D eigenvalue weighted by Gasteiger charge is 2.18. The van der Waals surface area contributed by atoms with E-state index in [0.29, 0.717) is 19.4 Å². The van der Waals surface area contributed by atoms with Crippen LogP contribution >= 0.6 is 0 Å². The average molecular weight is 1060 g/mol. The maximum Gasteiger partial charge on any atom is 0.305 e. The van der Waals surface area contributed by atoms with Crippen molar-refractivity contribution in [2.45, 2.75) is 405 Å². The molecule has 1 amide bonds. The molecule has 446 valence electrons. The highest BCUT2D eigenvalue weighted by atomic mass is 16.5. The van der Waals surface area contributed by atoms with Gasteiger partial charge in [0.05, 0.1) is 25.4 Å². The number of amides is 1. The molecule has 0 aliphatic heterocycles. The van der Waals surface area contributed by atoms with Crippen LogP contribution in [-0.4, -0.2) is 47.4 Å². The molecule has 0 spiro atoms. The lowest BCUT2D eigenvalue weighted by atomic mass is 10.0. The molecule has 6 nitrogen and oxygen atoms in total. The number of carbonyl (C=O) groups is 2. The molecule has 0 rings (SSSR count). The summed E-state index contributed by atoms with van der Waals surface area (Å²) in [5.74, 6) is -0.0435. The van der Waals surface area contributed by atoms with Gasteiger partial charge in [0, 0.05) is 12.8 Å². The normalized spacial score (nSPS) is 12.5. The lowest BCUT2D eigenvalue weighted by molar-refractivity contribution is -0.143. The number of hydrogen-bond acceptors (Lipinski definition) is 5. The van der Waals surface area contributed by atoms with E-state index >= 15 is 0 Å². The summed E-state index contributed by atoms with van der Waals surface area (Å²) in [6.45, 7) is 4.95. The van der Waals surface area contributed by atoms with Crippen molar-refractivity contribution in [3.63, 3.8) is 0 Å². The first-order valence-electron chi connectivity index (χ1n) is 34.5. The van der Waals surface area contributed by atoms with Gasteiger partial charge in [-0.2, -0.15) is 0 Å². The summed E-state index contributed by atoms with van der Waals surface area (Å²) in [5, 5.41) is 23.2. The molecule has 75 heavy (non-hydrogen) atoms. The van der Waals surface area contributed by atoms with Gasteiger partial charge in [-0.15, -0.1) is 0 Å². The fourth-order valence-corrected chi connectivity index (χ4v) is 11.1. The number of esters is 1. The van der Waals surface area contributed by atoms with Crippen molar-refractivity contribution in [1.29, 1.82) is 0 Å². The number of rotatable bonds is 65. The van der Waals surface area contributed by atoms with Crippen LogP contribution in [0.2, 0.25) is 0 Å². The largest absolute Gasteiger partial charge is 0.466 e. The van der Waals surface area contributed by atoms with Gasteiger partial charge < -0.3 is 20.3 Å². The van der Waals surface area contributed by atoms with Gasteiger partial charge in [0.2, 0.25) is 5.91 Å². The lowest BCUT2D eigenvalue weighted by Gasteiger charge is -2.20. The number of ether oxygens (including phenoxy) is 1. The summed E-state index contributed by atoms with van der Waals surface area (Å²) in [5.41, 5.74) is 0. The Morgan fingerprint density at radius 3 is 0.907 bits per heavy atom. The predicted octanol–water partition coefficient (Wildman–Crippen LogP) is 22.0. The van der Waals surface area contributed by atoms with E-state index in [-0.39, 0.29) is 18.5 Å². The Labute approximate surface area is 469 Å². The fraction of sp³-hybridized carbons (Fsp3) is 0.942. The van der Waals surface area contributed by atoms with Crippen LogP contribution in [0.4, 0.5) is 0 Å². The molecule has 0 heterocycles. The Kier molecular flexibility index (Phi) is 63.9. The number of aliphatic hydroxyl groups is 2. The third kappa shape index (κ3) is 61.7. The summed E-state index contributed by atoms with van der Waals surface area (Å²) in [4.78, 5) is 24.6. The SMILES string of the molecule is CCCCCCCCCCCCCCCCCC/C=C/C(O)C(CO)NC(=O)CCCCCCCCCCCCCCCCCCCCCCCCCCOC(=O)CCCCCCCCCCCCCCCCCC. The lowest BCUT2D eigenvalue weighted by Crippen LogP contribution is -2.45. The topological polar surface area (TPSA) is 95.9 Å². The van der Waals surface area contributed by atoms with Crippen molar-refractivity contribution in [2.75, 3.05) is 13.2 Å². The van der Waals surface area contributed by atoms with Gasteiger partial charge in [-0.05, 0) is 32.1 Å². The zero-order valence-electron chi connectivity index (χ0n) is 51.1. The van der Waals surface area contributed by atoms with Gasteiger partial charge in [-0.25, -0.2) is 0 Å². The number of aliphatic hydroxyl groups excluding tert-OH is 2. The maximum absolute atomic E-state index is 12.5. The predicted molar refractivity (Wildman–Crippen MR) is 329 cm³/mol. The third-order valence-corrected chi connectivity index (χ3v) is 16.3. The summed E-state index contributed by atoms with van der Waals surface area (Å²) in [7, 11) is 0. The smallest absolute Gasteiger partial charge is 0.305 e.